The quantitative estimate of drug-likeness (QED) is 0.0261. The van der Waals surface area contributed by atoms with Gasteiger partial charge in [-0.3, -0.25) is 14.4 Å². The Balaban J connectivity index is 4.33. The molecule has 0 aromatic rings. The SMILES string of the molecule is CC/C=C\C/C=C\C/C=C\C/C=C\C/C=C\CCCCCCCCCC(=O)OCC(COC(=O)CCCCCCC/C=C\CCCC)OC(=O)CCCCCCCCCCC/C=C\CCCCCCCC. The minimum atomic E-state index is -0.786. The van der Waals surface area contributed by atoms with Crippen LogP contribution in [0.15, 0.2) is 85.1 Å². The number of carbonyl (C=O) groups excluding carboxylic acids is 3. The summed E-state index contributed by atoms with van der Waals surface area (Å²) in [4.78, 5) is 38.2. The van der Waals surface area contributed by atoms with Gasteiger partial charge in [-0.15, -0.1) is 0 Å². The molecule has 6 heteroatoms. The summed E-state index contributed by atoms with van der Waals surface area (Å²) in [5.41, 5.74) is 0. The molecule has 0 aliphatic heterocycles. The van der Waals surface area contributed by atoms with Gasteiger partial charge in [0.2, 0.25) is 0 Å². The zero-order valence-corrected chi connectivity index (χ0v) is 46.7. The Labute approximate surface area is 439 Å². The van der Waals surface area contributed by atoms with Crippen LogP contribution in [-0.2, 0) is 28.6 Å². The van der Waals surface area contributed by atoms with Crippen LogP contribution in [0, 0.1) is 0 Å². The molecule has 0 radical (unpaired) electrons. The second kappa shape index (κ2) is 59.2. The number of hydrogen-bond donors (Lipinski definition) is 0. The van der Waals surface area contributed by atoms with Crippen LogP contribution in [0.4, 0.5) is 0 Å². The molecule has 0 N–H and O–H groups in total. The smallest absolute Gasteiger partial charge is 0.306 e. The van der Waals surface area contributed by atoms with Crippen LogP contribution >= 0.6 is 0 Å². The molecule has 0 saturated carbocycles. The van der Waals surface area contributed by atoms with Crippen LogP contribution in [0.25, 0.3) is 0 Å². The van der Waals surface area contributed by atoms with Crippen LogP contribution in [0.2, 0.25) is 0 Å². The average molecular weight is 990 g/mol. The molecule has 0 fully saturated rings. The molecule has 0 saturated heterocycles. The lowest BCUT2D eigenvalue weighted by Gasteiger charge is -2.18. The number of ether oxygens (including phenoxy) is 3. The molecule has 0 aromatic heterocycles. The third kappa shape index (κ3) is 57.4. The fraction of sp³-hybridized carbons (Fsp3) is 0.738. The highest BCUT2D eigenvalue weighted by Crippen LogP contribution is 2.15. The number of allylic oxidation sites excluding steroid dienone is 14. The van der Waals surface area contributed by atoms with Crippen molar-refractivity contribution >= 4 is 17.9 Å². The summed E-state index contributed by atoms with van der Waals surface area (Å²) in [6, 6.07) is 0. The summed E-state index contributed by atoms with van der Waals surface area (Å²) >= 11 is 0. The fourth-order valence-corrected chi connectivity index (χ4v) is 8.33. The molecule has 0 aromatic carbocycles. The largest absolute Gasteiger partial charge is 0.462 e. The topological polar surface area (TPSA) is 78.9 Å². The molecule has 0 bridgehead atoms. The molecule has 1 atom stereocenters. The van der Waals surface area contributed by atoms with E-state index in [1.807, 2.05) is 0 Å². The van der Waals surface area contributed by atoms with Crippen molar-refractivity contribution in [3.63, 3.8) is 0 Å². The summed E-state index contributed by atoms with van der Waals surface area (Å²) in [7, 11) is 0. The van der Waals surface area contributed by atoms with E-state index in [0.29, 0.717) is 19.3 Å². The highest BCUT2D eigenvalue weighted by molar-refractivity contribution is 5.71. The molecule has 0 amide bonds. The Morgan fingerprint density at radius 3 is 0.915 bits per heavy atom. The summed E-state index contributed by atoms with van der Waals surface area (Å²) < 4.78 is 16.9. The predicted molar refractivity (Wildman–Crippen MR) is 307 cm³/mol. The van der Waals surface area contributed by atoms with Gasteiger partial charge in [0.1, 0.15) is 13.2 Å². The first kappa shape index (κ1) is 67.6. The number of esters is 3. The first-order valence-corrected chi connectivity index (χ1v) is 30.1. The average Bonchev–Trinajstić information content (AvgIpc) is 3.37. The lowest BCUT2D eigenvalue weighted by atomic mass is 10.1. The van der Waals surface area contributed by atoms with Crippen LogP contribution in [-0.4, -0.2) is 37.2 Å². The van der Waals surface area contributed by atoms with E-state index in [1.54, 1.807) is 0 Å². The molecule has 6 nitrogen and oxygen atoms in total. The van der Waals surface area contributed by atoms with Crippen molar-refractivity contribution in [3.8, 4) is 0 Å². The van der Waals surface area contributed by atoms with Crippen molar-refractivity contribution in [2.75, 3.05) is 13.2 Å². The molecule has 0 heterocycles. The van der Waals surface area contributed by atoms with E-state index in [9.17, 15) is 14.4 Å². The molecule has 0 aliphatic carbocycles. The van der Waals surface area contributed by atoms with Crippen LogP contribution in [0.5, 0.6) is 0 Å². The van der Waals surface area contributed by atoms with Gasteiger partial charge in [0.15, 0.2) is 6.10 Å². The number of rotatable bonds is 54. The number of carbonyl (C=O) groups is 3. The molecular formula is C65H112O6. The van der Waals surface area contributed by atoms with E-state index in [-0.39, 0.29) is 31.1 Å². The first-order valence-electron chi connectivity index (χ1n) is 30.1. The van der Waals surface area contributed by atoms with Crippen molar-refractivity contribution in [2.45, 2.75) is 297 Å². The van der Waals surface area contributed by atoms with Crippen LogP contribution < -0.4 is 0 Å². The van der Waals surface area contributed by atoms with Gasteiger partial charge in [-0.25, -0.2) is 0 Å². The zero-order valence-electron chi connectivity index (χ0n) is 46.7. The van der Waals surface area contributed by atoms with E-state index < -0.39 is 6.10 Å². The summed E-state index contributed by atoms with van der Waals surface area (Å²) in [6.45, 7) is 6.49. The van der Waals surface area contributed by atoms with Gasteiger partial charge in [-0.2, -0.15) is 0 Å². The first-order chi connectivity index (χ1) is 35.0. The monoisotopic (exact) mass is 989 g/mol. The third-order valence-corrected chi connectivity index (χ3v) is 12.9. The van der Waals surface area contributed by atoms with Gasteiger partial charge >= 0.3 is 17.9 Å². The minimum absolute atomic E-state index is 0.0845. The van der Waals surface area contributed by atoms with Crippen LogP contribution in [0.3, 0.4) is 0 Å². The van der Waals surface area contributed by atoms with Crippen molar-refractivity contribution in [2.24, 2.45) is 0 Å². The highest BCUT2D eigenvalue weighted by atomic mass is 16.6. The number of unbranched alkanes of at least 4 members (excludes halogenated alkanes) is 29. The standard InChI is InChI=1S/C65H112O6/c1-4-7-10-13-16-19-22-24-26-28-30-31-32-33-35-36-38-40-43-46-49-52-55-58-64(67)70-61-62(60-69-63(66)57-54-51-48-45-42-21-18-15-12-9-6-3)71-65(68)59-56-53-50-47-44-41-39-37-34-29-27-25-23-20-17-14-11-8-5-2/h7,10,15-16,18-19,24-27,30-31,33,35,62H,4-6,8-9,11-14,17,20-23,28-29,32,34,36-61H2,1-3H3/b10-7-,18-15-,19-16-,26-24-,27-25-,31-30-,35-33-. The van der Waals surface area contributed by atoms with Gasteiger partial charge in [0, 0.05) is 19.3 Å². The summed E-state index contributed by atoms with van der Waals surface area (Å²) in [6.07, 6.45) is 77.2. The molecule has 1 unspecified atom stereocenters. The maximum Gasteiger partial charge on any atom is 0.306 e. The van der Waals surface area contributed by atoms with Crippen LogP contribution in [0.1, 0.15) is 290 Å². The predicted octanol–water partition coefficient (Wildman–Crippen LogP) is 20.3. The maximum atomic E-state index is 12.9. The Hall–Kier alpha value is -3.41. The molecule has 0 aliphatic rings. The molecule has 0 rings (SSSR count). The van der Waals surface area contributed by atoms with Crippen molar-refractivity contribution in [3.05, 3.63) is 85.1 Å². The van der Waals surface area contributed by atoms with Crippen molar-refractivity contribution in [1.82, 2.24) is 0 Å². The van der Waals surface area contributed by atoms with E-state index in [4.69, 9.17) is 14.2 Å². The van der Waals surface area contributed by atoms with Crippen molar-refractivity contribution in [1.29, 1.82) is 0 Å². The third-order valence-electron chi connectivity index (χ3n) is 12.9. The lowest BCUT2D eigenvalue weighted by molar-refractivity contribution is -0.167. The van der Waals surface area contributed by atoms with E-state index in [0.717, 1.165) is 103 Å². The van der Waals surface area contributed by atoms with Gasteiger partial charge in [0.05, 0.1) is 0 Å². The van der Waals surface area contributed by atoms with E-state index in [2.05, 4.69) is 106 Å². The Morgan fingerprint density at radius 1 is 0.296 bits per heavy atom. The Morgan fingerprint density at radius 2 is 0.563 bits per heavy atom. The highest BCUT2D eigenvalue weighted by Gasteiger charge is 2.19. The number of hydrogen-bond acceptors (Lipinski definition) is 6. The van der Waals surface area contributed by atoms with Gasteiger partial charge in [0.25, 0.3) is 0 Å². The summed E-state index contributed by atoms with van der Waals surface area (Å²) in [5, 5.41) is 0. The second-order valence-electron chi connectivity index (χ2n) is 19.9. The normalized spacial score (nSPS) is 12.7. The summed E-state index contributed by atoms with van der Waals surface area (Å²) in [5.74, 6) is -0.899. The Kier molecular flexibility index (Phi) is 56.3. The lowest BCUT2D eigenvalue weighted by Crippen LogP contribution is -2.30. The van der Waals surface area contributed by atoms with Crippen molar-refractivity contribution < 1.29 is 28.6 Å². The van der Waals surface area contributed by atoms with Gasteiger partial charge < -0.3 is 14.2 Å². The van der Waals surface area contributed by atoms with Gasteiger partial charge in [-0.1, -0.05) is 247 Å². The second-order valence-corrected chi connectivity index (χ2v) is 19.9. The minimum Gasteiger partial charge on any atom is -0.462 e. The van der Waals surface area contributed by atoms with Gasteiger partial charge in [-0.05, 0) is 109 Å². The maximum absolute atomic E-state index is 12.9. The fourth-order valence-electron chi connectivity index (χ4n) is 8.33. The van der Waals surface area contributed by atoms with E-state index in [1.165, 1.54) is 148 Å². The zero-order chi connectivity index (χ0) is 51.4. The molecule has 0 spiro atoms. The molecule has 408 valence electrons. The van der Waals surface area contributed by atoms with E-state index >= 15 is 0 Å². The Bertz CT molecular complexity index is 1370. The molecule has 71 heavy (non-hydrogen) atoms. The molecular weight excluding hydrogens is 877 g/mol.